The first-order valence-electron chi connectivity index (χ1n) is 8.27. The minimum atomic E-state index is -0.299. The fourth-order valence-corrected chi connectivity index (χ4v) is 3.21. The first-order valence-corrected chi connectivity index (χ1v) is 8.27. The zero-order valence-electron chi connectivity index (χ0n) is 14.1. The molecule has 0 radical (unpaired) electrons. The van der Waals surface area contributed by atoms with Crippen LogP contribution in [0.1, 0.15) is 24.7 Å². The third-order valence-electron chi connectivity index (χ3n) is 4.48. The summed E-state index contributed by atoms with van der Waals surface area (Å²) in [5, 5.41) is 0. The molecule has 2 aromatic rings. The maximum absolute atomic E-state index is 12.9. The number of anilines is 1. The van der Waals surface area contributed by atoms with E-state index in [0.29, 0.717) is 19.6 Å². The highest BCUT2D eigenvalue weighted by atomic mass is 16.3. The molecule has 1 aliphatic rings. The number of amides is 2. The number of para-hydroxylation sites is 1. The van der Waals surface area contributed by atoms with Crippen LogP contribution in [-0.4, -0.2) is 29.8 Å². The van der Waals surface area contributed by atoms with E-state index in [1.165, 1.54) is 0 Å². The molecule has 1 saturated heterocycles. The summed E-state index contributed by atoms with van der Waals surface area (Å²) in [6.07, 6.45) is 1.86. The second-order valence-corrected chi connectivity index (χ2v) is 6.12. The van der Waals surface area contributed by atoms with Gasteiger partial charge in [0.15, 0.2) is 0 Å². The molecule has 126 valence electrons. The zero-order chi connectivity index (χ0) is 17.1. The molecule has 1 fully saturated rings. The molecule has 24 heavy (non-hydrogen) atoms. The molecule has 0 aliphatic carbocycles. The fourth-order valence-electron chi connectivity index (χ4n) is 3.21. The van der Waals surface area contributed by atoms with Crippen LogP contribution in [0.3, 0.4) is 0 Å². The van der Waals surface area contributed by atoms with Crippen molar-refractivity contribution in [3.63, 3.8) is 0 Å². The SMILES string of the molecule is CCN(C(=O)[C@@H]1CC(=O)N(Cc2ccco2)C1)c1ccccc1C. The number of hydrogen-bond acceptors (Lipinski definition) is 3. The molecule has 5 nitrogen and oxygen atoms in total. The first-order chi connectivity index (χ1) is 11.6. The molecule has 0 unspecified atom stereocenters. The van der Waals surface area contributed by atoms with Gasteiger partial charge >= 0.3 is 0 Å². The number of rotatable bonds is 5. The Kier molecular flexibility index (Phi) is 4.69. The third kappa shape index (κ3) is 3.20. The Balaban J connectivity index is 1.73. The number of furan rings is 1. The van der Waals surface area contributed by atoms with Gasteiger partial charge in [-0.2, -0.15) is 0 Å². The van der Waals surface area contributed by atoms with E-state index in [4.69, 9.17) is 4.42 Å². The van der Waals surface area contributed by atoms with Crippen molar-refractivity contribution in [3.05, 3.63) is 54.0 Å². The molecule has 0 spiro atoms. The van der Waals surface area contributed by atoms with Gasteiger partial charge in [-0.15, -0.1) is 0 Å². The Hall–Kier alpha value is -2.56. The van der Waals surface area contributed by atoms with E-state index in [1.807, 2.05) is 44.2 Å². The van der Waals surface area contributed by atoms with Crippen LogP contribution in [-0.2, 0) is 16.1 Å². The first kappa shape index (κ1) is 16.3. The van der Waals surface area contributed by atoms with Crippen LogP contribution in [0, 0.1) is 12.8 Å². The second-order valence-electron chi connectivity index (χ2n) is 6.12. The second kappa shape index (κ2) is 6.91. The highest BCUT2D eigenvalue weighted by Gasteiger charge is 2.37. The van der Waals surface area contributed by atoms with Crippen molar-refractivity contribution >= 4 is 17.5 Å². The highest BCUT2D eigenvalue weighted by Crippen LogP contribution is 2.26. The van der Waals surface area contributed by atoms with Crippen molar-refractivity contribution in [1.29, 1.82) is 0 Å². The number of carbonyl (C=O) groups excluding carboxylic acids is 2. The number of likely N-dealkylation sites (tertiary alicyclic amines) is 1. The van der Waals surface area contributed by atoms with Gasteiger partial charge < -0.3 is 14.2 Å². The zero-order valence-corrected chi connectivity index (χ0v) is 14.1. The van der Waals surface area contributed by atoms with E-state index < -0.39 is 0 Å². The monoisotopic (exact) mass is 326 g/mol. The third-order valence-corrected chi connectivity index (χ3v) is 4.48. The van der Waals surface area contributed by atoms with Crippen molar-refractivity contribution in [2.24, 2.45) is 5.92 Å². The van der Waals surface area contributed by atoms with Gasteiger partial charge in [-0.25, -0.2) is 0 Å². The van der Waals surface area contributed by atoms with Crippen LogP contribution < -0.4 is 4.90 Å². The molecule has 2 amide bonds. The molecule has 1 atom stereocenters. The van der Waals surface area contributed by atoms with Gasteiger partial charge in [0.05, 0.1) is 18.7 Å². The predicted molar refractivity (Wildman–Crippen MR) is 91.4 cm³/mol. The number of aryl methyl sites for hydroxylation is 1. The maximum atomic E-state index is 12.9. The van der Waals surface area contributed by atoms with Crippen LogP contribution in [0.2, 0.25) is 0 Å². The number of benzene rings is 1. The molecule has 1 aliphatic heterocycles. The number of nitrogens with zero attached hydrogens (tertiary/aromatic N) is 2. The van der Waals surface area contributed by atoms with Gasteiger partial charge in [0.1, 0.15) is 5.76 Å². The minimum absolute atomic E-state index is 0.00517. The molecule has 0 bridgehead atoms. The maximum Gasteiger partial charge on any atom is 0.232 e. The Labute approximate surface area is 141 Å². The van der Waals surface area contributed by atoms with Crippen molar-refractivity contribution in [2.45, 2.75) is 26.8 Å². The van der Waals surface area contributed by atoms with Crippen molar-refractivity contribution in [2.75, 3.05) is 18.0 Å². The van der Waals surface area contributed by atoms with Gasteiger partial charge in [0.25, 0.3) is 0 Å². The van der Waals surface area contributed by atoms with E-state index in [2.05, 4.69) is 0 Å². The molecule has 1 aromatic carbocycles. The summed E-state index contributed by atoms with van der Waals surface area (Å²) in [7, 11) is 0. The van der Waals surface area contributed by atoms with E-state index in [0.717, 1.165) is 17.0 Å². The topological polar surface area (TPSA) is 53.8 Å². The molecular weight excluding hydrogens is 304 g/mol. The lowest BCUT2D eigenvalue weighted by Crippen LogP contribution is -2.37. The van der Waals surface area contributed by atoms with Crippen molar-refractivity contribution in [1.82, 2.24) is 4.90 Å². The van der Waals surface area contributed by atoms with Crippen molar-refractivity contribution < 1.29 is 14.0 Å². The summed E-state index contributed by atoms with van der Waals surface area (Å²) in [5.74, 6) is 0.461. The van der Waals surface area contributed by atoms with Crippen LogP contribution >= 0.6 is 0 Å². The Morgan fingerprint density at radius 1 is 1.29 bits per heavy atom. The van der Waals surface area contributed by atoms with E-state index >= 15 is 0 Å². The predicted octanol–water partition coefficient (Wildman–Crippen LogP) is 2.99. The molecule has 0 N–H and O–H groups in total. The quantitative estimate of drug-likeness (QED) is 0.849. The fraction of sp³-hybridized carbons (Fsp3) is 0.368. The van der Waals surface area contributed by atoms with E-state index in [9.17, 15) is 9.59 Å². The van der Waals surface area contributed by atoms with Gasteiger partial charge in [-0.3, -0.25) is 9.59 Å². The average molecular weight is 326 g/mol. The summed E-state index contributed by atoms with van der Waals surface area (Å²) in [6, 6.07) is 11.5. The summed E-state index contributed by atoms with van der Waals surface area (Å²) >= 11 is 0. The Morgan fingerprint density at radius 2 is 2.08 bits per heavy atom. The standard InChI is InChI=1S/C19H22N2O3/c1-3-21(17-9-5-4-7-14(17)2)19(23)15-11-18(22)20(12-15)13-16-8-6-10-24-16/h4-10,15H,3,11-13H2,1-2H3/t15-/m1/s1. The minimum Gasteiger partial charge on any atom is -0.467 e. The Bertz CT molecular complexity index is 724. The summed E-state index contributed by atoms with van der Waals surface area (Å²) in [5.41, 5.74) is 1.98. The van der Waals surface area contributed by atoms with Gasteiger partial charge in [-0.1, -0.05) is 18.2 Å². The van der Waals surface area contributed by atoms with Gasteiger partial charge in [-0.05, 0) is 37.6 Å². The average Bonchev–Trinajstić information content (AvgIpc) is 3.20. The van der Waals surface area contributed by atoms with E-state index in [-0.39, 0.29) is 24.2 Å². The van der Waals surface area contributed by atoms with Crippen LogP contribution in [0.4, 0.5) is 5.69 Å². The lowest BCUT2D eigenvalue weighted by Gasteiger charge is -2.25. The summed E-state index contributed by atoms with van der Waals surface area (Å²) in [6.45, 7) is 5.41. The number of carbonyl (C=O) groups is 2. The summed E-state index contributed by atoms with van der Waals surface area (Å²) in [4.78, 5) is 28.7. The lowest BCUT2D eigenvalue weighted by molar-refractivity contribution is -0.129. The molecule has 3 rings (SSSR count). The van der Waals surface area contributed by atoms with Crippen molar-refractivity contribution in [3.8, 4) is 0 Å². The van der Waals surface area contributed by atoms with E-state index in [1.54, 1.807) is 22.1 Å². The van der Waals surface area contributed by atoms with Gasteiger partial charge in [0.2, 0.25) is 11.8 Å². The van der Waals surface area contributed by atoms with Crippen LogP contribution in [0.15, 0.2) is 47.1 Å². The van der Waals surface area contributed by atoms with Crippen LogP contribution in [0.5, 0.6) is 0 Å². The molecular formula is C19H22N2O3. The molecule has 5 heteroatoms. The van der Waals surface area contributed by atoms with Gasteiger partial charge in [0, 0.05) is 25.2 Å². The molecule has 0 saturated carbocycles. The largest absolute Gasteiger partial charge is 0.467 e. The number of hydrogen-bond donors (Lipinski definition) is 0. The van der Waals surface area contributed by atoms with Crippen LogP contribution in [0.25, 0.3) is 0 Å². The highest BCUT2D eigenvalue weighted by molar-refractivity contribution is 5.99. The molecule has 2 heterocycles. The Morgan fingerprint density at radius 3 is 2.75 bits per heavy atom. The normalized spacial score (nSPS) is 17.3. The smallest absolute Gasteiger partial charge is 0.232 e. The summed E-state index contributed by atoms with van der Waals surface area (Å²) < 4.78 is 5.30. The molecule has 1 aromatic heterocycles. The lowest BCUT2D eigenvalue weighted by atomic mass is 10.1.